The molecule has 2 aromatic rings. The maximum absolute atomic E-state index is 9.12. The summed E-state index contributed by atoms with van der Waals surface area (Å²) in [5.41, 5.74) is 6.16. The Morgan fingerprint density at radius 1 is 1.12 bits per heavy atom. The van der Waals surface area contributed by atoms with Crippen LogP contribution in [0.15, 0.2) is 48.5 Å². The van der Waals surface area contributed by atoms with E-state index >= 15 is 0 Å². The highest BCUT2D eigenvalue weighted by Gasteiger charge is 2.19. The summed E-state index contributed by atoms with van der Waals surface area (Å²) in [6.45, 7) is 1.85. The van der Waals surface area contributed by atoms with Crippen LogP contribution in [-0.4, -0.2) is 37.3 Å². The monoisotopic (exact) mass is 337 g/mol. The number of ether oxygens (including phenoxy) is 1. The largest absolute Gasteiger partial charge is 0.488 e. The fourth-order valence-electron chi connectivity index (χ4n) is 3.25. The Morgan fingerprint density at radius 3 is 2.76 bits per heavy atom. The molecule has 25 heavy (non-hydrogen) atoms. The molecule has 0 unspecified atom stereocenters. The number of hydrogen-bond acceptors (Lipinski definition) is 3. The van der Waals surface area contributed by atoms with E-state index in [1.54, 1.807) is 0 Å². The Kier molecular flexibility index (Phi) is 5.90. The molecule has 132 valence electrons. The van der Waals surface area contributed by atoms with E-state index < -0.39 is 0 Å². The Morgan fingerprint density at radius 2 is 1.96 bits per heavy atom. The molecule has 1 heterocycles. The number of fused-ring (bicyclic) bond motifs is 2. The lowest BCUT2D eigenvalue weighted by Gasteiger charge is -2.13. The van der Waals surface area contributed by atoms with Crippen LogP contribution in [0, 0.1) is 0 Å². The quantitative estimate of drug-likeness (QED) is 0.868. The first-order valence-electron chi connectivity index (χ1n) is 8.99. The molecule has 1 aliphatic heterocycles. The molecule has 3 heteroatoms. The molecular formula is C22H27NO2. The lowest BCUT2D eigenvalue weighted by atomic mass is 9.92. The van der Waals surface area contributed by atoms with Gasteiger partial charge in [0.2, 0.25) is 0 Å². The number of hydrogen-bond donors (Lipinski definition) is 1. The van der Waals surface area contributed by atoms with Crippen LogP contribution in [0.25, 0.3) is 5.57 Å². The molecular weight excluding hydrogens is 310 g/mol. The van der Waals surface area contributed by atoms with Gasteiger partial charge in [-0.2, -0.15) is 0 Å². The summed E-state index contributed by atoms with van der Waals surface area (Å²) in [4.78, 5) is 2.20. The van der Waals surface area contributed by atoms with Crippen LogP contribution < -0.4 is 4.74 Å². The molecule has 0 aliphatic carbocycles. The lowest BCUT2D eigenvalue weighted by Crippen LogP contribution is -2.12. The van der Waals surface area contributed by atoms with Crippen LogP contribution in [0.2, 0.25) is 0 Å². The smallest absolute Gasteiger partial charge is 0.127 e. The third kappa shape index (κ3) is 4.30. The maximum Gasteiger partial charge on any atom is 0.127 e. The summed E-state index contributed by atoms with van der Waals surface area (Å²) in [5.74, 6) is 0.944. The highest BCUT2D eigenvalue weighted by molar-refractivity contribution is 5.85. The van der Waals surface area contributed by atoms with Crippen molar-refractivity contribution in [3.05, 3.63) is 70.8 Å². The summed E-state index contributed by atoms with van der Waals surface area (Å²) in [6.07, 6.45) is 5.01. The van der Waals surface area contributed by atoms with Crippen molar-refractivity contribution in [2.24, 2.45) is 0 Å². The number of rotatable bonds is 6. The van der Waals surface area contributed by atoms with E-state index in [4.69, 9.17) is 9.84 Å². The summed E-state index contributed by atoms with van der Waals surface area (Å²) in [5, 5.41) is 9.12. The molecule has 2 aromatic carbocycles. The summed E-state index contributed by atoms with van der Waals surface area (Å²) < 4.78 is 6.09. The van der Waals surface area contributed by atoms with Crippen LogP contribution in [0.5, 0.6) is 5.75 Å². The second kappa shape index (κ2) is 8.32. The normalized spacial score (nSPS) is 14.8. The first-order chi connectivity index (χ1) is 12.2. The molecule has 3 nitrogen and oxygen atoms in total. The molecule has 1 aliphatic rings. The molecule has 3 rings (SSSR count). The number of aliphatic hydroxyl groups is 1. The van der Waals surface area contributed by atoms with Crippen molar-refractivity contribution in [2.45, 2.75) is 25.9 Å². The minimum atomic E-state index is 0.224. The fourth-order valence-corrected chi connectivity index (χ4v) is 3.25. The fraction of sp³-hybridized carbons (Fsp3) is 0.364. The average molecular weight is 337 g/mol. The molecule has 0 saturated carbocycles. The van der Waals surface area contributed by atoms with Gasteiger partial charge in [-0.15, -0.1) is 0 Å². The average Bonchev–Trinajstić information content (AvgIpc) is 2.77. The summed E-state index contributed by atoms with van der Waals surface area (Å²) >= 11 is 0. The zero-order chi connectivity index (χ0) is 17.6. The highest BCUT2D eigenvalue weighted by Crippen LogP contribution is 2.37. The summed E-state index contributed by atoms with van der Waals surface area (Å²) in [7, 11) is 4.20. The van der Waals surface area contributed by atoms with Gasteiger partial charge in [-0.1, -0.05) is 36.4 Å². The van der Waals surface area contributed by atoms with Crippen LogP contribution >= 0.6 is 0 Å². The lowest BCUT2D eigenvalue weighted by molar-refractivity contribution is 0.288. The van der Waals surface area contributed by atoms with Gasteiger partial charge < -0.3 is 14.7 Å². The van der Waals surface area contributed by atoms with Gasteiger partial charge >= 0.3 is 0 Å². The first-order valence-corrected chi connectivity index (χ1v) is 8.99. The molecule has 0 fully saturated rings. The molecule has 0 spiro atoms. The molecule has 0 radical (unpaired) electrons. The third-order valence-electron chi connectivity index (χ3n) is 4.57. The Bertz CT molecular complexity index is 749. The Labute approximate surface area is 150 Å². The van der Waals surface area contributed by atoms with Crippen molar-refractivity contribution in [3.63, 3.8) is 0 Å². The second-order valence-electron chi connectivity index (χ2n) is 6.81. The van der Waals surface area contributed by atoms with Gasteiger partial charge in [0.1, 0.15) is 12.4 Å². The van der Waals surface area contributed by atoms with Crippen molar-refractivity contribution < 1.29 is 9.84 Å². The number of aliphatic hydroxyl groups excluding tert-OH is 1. The Hall–Kier alpha value is -2.10. The van der Waals surface area contributed by atoms with Gasteiger partial charge in [-0.05, 0) is 67.8 Å². The van der Waals surface area contributed by atoms with E-state index in [-0.39, 0.29) is 6.61 Å². The minimum Gasteiger partial charge on any atom is -0.488 e. The number of aryl methyl sites for hydroxylation is 1. The van der Waals surface area contributed by atoms with E-state index in [0.29, 0.717) is 6.61 Å². The second-order valence-corrected chi connectivity index (χ2v) is 6.81. The number of nitrogens with zero attached hydrogens (tertiary/aromatic N) is 1. The third-order valence-corrected chi connectivity index (χ3v) is 4.57. The van der Waals surface area contributed by atoms with Crippen molar-refractivity contribution >= 4 is 5.57 Å². The summed E-state index contributed by atoms with van der Waals surface area (Å²) in [6, 6.07) is 14.9. The molecule has 0 amide bonds. The zero-order valence-electron chi connectivity index (χ0n) is 15.2. The standard InChI is InChI=1S/C22H27NO2/c1-23(2)13-5-10-20-19-9-4-3-8-18(19)16-25-22-12-11-17(7-6-14-24)15-21(20)22/h3-4,8-12,15,24H,5-7,13-14,16H2,1-2H3. The molecule has 0 saturated heterocycles. The molecule has 0 atom stereocenters. The highest BCUT2D eigenvalue weighted by atomic mass is 16.5. The van der Waals surface area contributed by atoms with E-state index in [0.717, 1.165) is 31.6 Å². The van der Waals surface area contributed by atoms with E-state index in [1.807, 2.05) is 0 Å². The predicted molar refractivity (Wildman–Crippen MR) is 103 cm³/mol. The van der Waals surface area contributed by atoms with Crippen LogP contribution in [-0.2, 0) is 13.0 Å². The first kappa shape index (κ1) is 17.7. The topological polar surface area (TPSA) is 32.7 Å². The van der Waals surface area contributed by atoms with Crippen molar-refractivity contribution in [1.82, 2.24) is 4.90 Å². The van der Waals surface area contributed by atoms with Crippen LogP contribution in [0.1, 0.15) is 35.1 Å². The Balaban J connectivity index is 2.03. The van der Waals surface area contributed by atoms with Gasteiger partial charge in [-0.25, -0.2) is 0 Å². The predicted octanol–water partition coefficient (Wildman–Crippen LogP) is 3.89. The van der Waals surface area contributed by atoms with Gasteiger partial charge in [0, 0.05) is 18.7 Å². The zero-order valence-corrected chi connectivity index (χ0v) is 15.2. The van der Waals surface area contributed by atoms with Gasteiger partial charge in [0.05, 0.1) is 0 Å². The van der Waals surface area contributed by atoms with Crippen molar-refractivity contribution in [3.8, 4) is 5.75 Å². The minimum absolute atomic E-state index is 0.224. The van der Waals surface area contributed by atoms with Gasteiger partial charge in [0.15, 0.2) is 0 Å². The van der Waals surface area contributed by atoms with Crippen LogP contribution in [0.4, 0.5) is 0 Å². The molecule has 0 aromatic heterocycles. The van der Waals surface area contributed by atoms with E-state index in [1.165, 1.54) is 27.8 Å². The molecule has 1 N–H and O–H groups in total. The number of benzene rings is 2. The van der Waals surface area contributed by atoms with Crippen molar-refractivity contribution in [2.75, 3.05) is 27.2 Å². The van der Waals surface area contributed by atoms with Gasteiger partial charge in [0.25, 0.3) is 0 Å². The van der Waals surface area contributed by atoms with E-state index in [2.05, 4.69) is 67.5 Å². The van der Waals surface area contributed by atoms with Gasteiger partial charge in [-0.3, -0.25) is 0 Å². The maximum atomic E-state index is 9.12. The van der Waals surface area contributed by atoms with Crippen LogP contribution in [0.3, 0.4) is 0 Å². The van der Waals surface area contributed by atoms with Crippen molar-refractivity contribution in [1.29, 1.82) is 0 Å². The molecule has 0 bridgehead atoms. The van der Waals surface area contributed by atoms with E-state index in [9.17, 15) is 0 Å². The SMILES string of the molecule is CN(C)CCC=C1c2ccccc2COc2ccc(CCCO)cc21.